The molecule has 0 amide bonds. The smallest absolute Gasteiger partial charge is 0.281 e. The Hall–Kier alpha value is -1.41. The van der Waals surface area contributed by atoms with Crippen molar-refractivity contribution in [2.75, 3.05) is 0 Å². The second kappa shape index (κ2) is 29.3. The van der Waals surface area contributed by atoms with Gasteiger partial charge in [-0.15, -0.1) is 0 Å². The Balaban J connectivity index is -0.000000106. The van der Waals surface area contributed by atoms with Gasteiger partial charge in [0.15, 0.2) is 0 Å². The second-order valence-corrected chi connectivity index (χ2v) is 2.22. The standard InChI is InChI=1S/C10H12.3CO.Ru/c1-2-10-8-6-4-3-5-7-9-10;3*1-2;/h3-9H,2H2,1H3;;;;/b4-3-,5-3?,6-4?,7-5-,8-6-,9-7?,10-8?,10-9-;;;;. The summed E-state index contributed by atoms with van der Waals surface area (Å²) in [5, 5.41) is 0. The molecule has 0 aromatic heterocycles. The van der Waals surface area contributed by atoms with Crippen LogP contribution >= 0.6 is 0 Å². The van der Waals surface area contributed by atoms with Gasteiger partial charge in [-0.2, -0.15) is 0 Å². The largest absolute Gasteiger partial charge is 0.281 e. The van der Waals surface area contributed by atoms with Crippen LogP contribution in [0.2, 0.25) is 0 Å². The minimum absolute atomic E-state index is 0. The van der Waals surface area contributed by atoms with Gasteiger partial charge in [0.2, 0.25) is 0 Å². The first-order valence-electron chi connectivity index (χ1n) is 4.25. The molecule has 0 N–H and O–H groups in total. The fraction of sp³-hybridized carbons (Fsp3) is 0.154. The minimum atomic E-state index is 0. The molecule has 1 rings (SSSR count). The van der Waals surface area contributed by atoms with Crippen LogP contribution in [0.3, 0.4) is 0 Å². The molecule has 0 saturated heterocycles. The summed E-state index contributed by atoms with van der Waals surface area (Å²) in [4.78, 5) is 22.5. The predicted molar refractivity (Wildman–Crippen MR) is 62.9 cm³/mol. The quantitative estimate of drug-likeness (QED) is 0.693. The molecule has 1 aliphatic rings. The van der Waals surface area contributed by atoms with E-state index in [0.29, 0.717) is 0 Å². The Morgan fingerprint density at radius 2 is 1.24 bits per heavy atom. The minimum Gasteiger partial charge on any atom is -0.281 e. The summed E-state index contributed by atoms with van der Waals surface area (Å²) >= 11 is 0. The van der Waals surface area contributed by atoms with Crippen LogP contribution in [0.5, 0.6) is 0 Å². The molecule has 0 unspecified atom stereocenters. The Kier molecular flexibility index (Phi) is 42.6. The van der Waals surface area contributed by atoms with Crippen molar-refractivity contribution in [2.24, 2.45) is 0 Å². The van der Waals surface area contributed by atoms with Crippen molar-refractivity contribution >= 4 is 20.4 Å². The van der Waals surface area contributed by atoms with Crippen LogP contribution in [0.15, 0.2) is 48.1 Å². The number of allylic oxidation sites excluding steroid dienone is 8. The summed E-state index contributed by atoms with van der Waals surface area (Å²) in [7, 11) is 0. The zero-order valence-corrected chi connectivity index (χ0v) is 11.1. The molecule has 0 bridgehead atoms. The van der Waals surface area contributed by atoms with E-state index < -0.39 is 0 Å². The Morgan fingerprint density at radius 3 is 1.71 bits per heavy atom. The summed E-state index contributed by atoms with van der Waals surface area (Å²) in [5.41, 5.74) is 1.38. The first-order chi connectivity index (χ1) is 7.93. The van der Waals surface area contributed by atoms with Crippen molar-refractivity contribution in [3.05, 3.63) is 48.1 Å². The molecule has 6 radical (unpaired) electrons. The maximum absolute atomic E-state index is 7.50. The molecule has 0 saturated carbocycles. The average molecular weight is 317 g/mol. The Morgan fingerprint density at radius 1 is 0.824 bits per heavy atom. The van der Waals surface area contributed by atoms with Crippen molar-refractivity contribution < 1.29 is 33.9 Å². The third-order valence-electron chi connectivity index (χ3n) is 1.47. The molecule has 0 fully saturated rings. The number of hydrogen-bond acceptors (Lipinski definition) is 3. The first kappa shape index (κ1) is 24.7. The van der Waals surface area contributed by atoms with Crippen LogP contribution in [0, 0.1) is 0 Å². The van der Waals surface area contributed by atoms with E-state index in [2.05, 4.69) is 51.6 Å². The number of carbonyl (C=O) groups excluding carboxylic acids is 3. The number of hydrogen-bond donors (Lipinski definition) is 0. The van der Waals surface area contributed by atoms with Gasteiger partial charge in [0.05, 0.1) is 0 Å². The summed E-state index contributed by atoms with van der Waals surface area (Å²) in [6.07, 6.45) is 15.6. The maximum atomic E-state index is 7.50. The van der Waals surface area contributed by atoms with Crippen molar-refractivity contribution in [2.45, 2.75) is 13.3 Å². The van der Waals surface area contributed by atoms with E-state index in [1.54, 1.807) is 0 Å². The maximum Gasteiger partial charge on any atom is 0.281 e. The molecule has 0 spiro atoms. The molecule has 0 atom stereocenters. The van der Waals surface area contributed by atoms with Crippen molar-refractivity contribution in [1.82, 2.24) is 0 Å². The van der Waals surface area contributed by atoms with E-state index in [1.165, 1.54) is 5.57 Å². The summed E-state index contributed by atoms with van der Waals surface area (Å²) in [6.45, 7) is 15.7. The molecule has 0 aromatic carbocycles. The van der Waals surface area contributed by atoms with E-state index in [0.717, 1.165) is 6.42 Å². The van der Waals surface area contributed by atoms with Crippen LogP contribution < -0.4 is 0 Å². The fourth-order valence-electron chi connectivity index (χ4n) is 0.842. The molecule has 1 aliphatic carbocycles. The van der Waals surface area contributed by atoms with Gasteiger partial charge >= 0.3 is 0 Å². The Labute approximate surface area is 116 Å². The molecule has 3 nitrogen and oxygen atoms in total. The van der Waals surface area contributed by atoms with Crippen LogP contribution in [0.4, 0.5) is 0 Å². The van der Waals surface area contributed by atoms with Gasteiger partial charge in [0.25, 0.3) is 20.4 Å². The average Bonchev–Trinajstić information content (AvgIpc) is 2.36. The van der Waals surface area contributed by atoms with E-state index >= 15 is 0 Å². The van der Waals surface area contributed by atoms with E-state index in [1.807, 2.05) is 18.2 Å². The molecular formula is C13H12O3Ru. The zero-order chi connectivity index (χ0) is 13.2. The van der Waals surface area contributed by atoms with Gasteiger partial charge in [-0.05, 0) is 12.0 Å². The summed E-state index contributed by atoms with van der Waals surface area (Å²) in [6, 6.07) is 0. The third kappa shape index (κ3) is 20.6. The zero-order valence-electron chi connectivity index (χ0n) is 9.33. The first-order valence-corrected chi connectivity index (χ1v) is 4.25. The van der Waals surface area contributed by atoms with Crippen molar-refractivity contribution in [3.8, 4) is 0 Å². The fourth-order valence-corrected chi connectivity index (χ4v) is 0.842. The third-order valence-corrected chi connectivity index (χ3v) is 1.47. The van der Waals surface area contributed by atoms with Crippen LogP contribution in [0.1, 0.15) is 13.3 Å². The normalized spacial score (nSPS) is 19.0. The van der Waals surface area contributed by atoms with Gasteiger partial charge in [-0.25, -0.2) is 0 Å². The Bertz CT molecular complexity index is 251. The van der Waals surface area contributed by atoms with E-state index in [-0.39, 0.29) is 19.5 Å². The molecule has 90 valence electrons. The summed E-state index contributed by atoms with van der Waals surface area (Å²) in [5.74, 6) is 0. The molecule has 17 heavy (non-hydrogen) atoms. The van der Waals surface area contributed by atoms with Crippen LogP contribution in [-0.4, -0.2) is 20.4 Å². The van der Waals surface area contributed by atoms with E-state index in [4.69, 9.17) is 14.4 Å². The second-order valence-electron chi connectivity index (χ2n) is 2.22. The van der Waals surface area contributed by atoms with Crippen LogP contribution in [-0.2, 0) is 33.9 Å². The molecular weight excluding hydrogens is 305 g/mol. The van der Waals surface area contributed by atoms with Crippen molar-refractivity contribution in [1.29, 1.82) is 0 Å². The van der Waals surface area contributed by atoms with Gasteiger partial charge in [-0.1, -0.05) is 49.5 Å². The monoisotopic (exact) mass is 318 g/mol. The van der Waals surface area contributed by atoms with Crippen molar-refractivity contribution in [3.63, 3.8) is 0 Å². The van der Waals surface area contributed by atoms with Gasteiger partial charge in [-0.3, -0.25) is 14.4 Å². The molecule has 0 aromatic rings. The number of rotatable bonds is 1. The topological polar surface area (TPSA) is 51.2 Å². The molecule has 0 heterocycles. The predicted octanol–water partition coefficient (Wildman–Crippen LogP) is 1.81. The molecule has 4 heteroatoms. The van der Waals surface area contributed by atoms with E-state index in [9.17, 15) is 0 Å². The van der Waals surface area contributed by atoms with Gasteiger partial charge in [0, 0.05) is 19.5 Å². The SMILES string of the molecule is CCC1=C/C=C\C=C/C=C\1.[C]=O.[C]=O.[C]=O.[Ru]. The summed E-state index contributed by atoms with van der Waals surface area (Å²) < 4.78 is 0. The van der Waals surface area contributed by atoms with Gasteiger partial charge in [0.1, 0.15) is 0 Å². The molecule has 0 aliphatic heterocycles. The van der Waals surface area contributed by atoms with Crippen LogP contribution in [0.25, 0.3) is 0 Å². The van der Waals surface area contributed by atoms with Gasteiger partial charge < -0.3 is 0 Å².